The molecular formula is C16H23NO2. The number of nitrogens with zero attached hydrogens (tertiary/aromatic N) is 1. The molecule has 0 spiro atoms. The molecule has 3 heteroatoms. The van der Waals surface area contributed by atoms with Crippen LogP contribution >= 0.6 is 0 Å². The van der Waals surface area contributed by atoms with E-state index in [4.69, 9.17) is 5.11 Å². The van der Waals surface area contributed by atoms with E-state index in [0.717, 1.165) is 12.1 Å². The zero-order valence-corrected chi connectivity index (χ0v) is 11.8. The van der Waals surface area contributed by atoms with Crippen LogP contribution < -0.4 is 0 Å². The quantitative estimate of drug-likeness (QED) is 0.905. The number of carboxylic acid groups (broad SMARTS) is 1. The molecule has 1 aromatic rings. The molecule has 0 aromatic heterocycles. The summed E-state index contributed by atoms with van der Waals surface area (Å²) in [6, 6.07) is 9.27. The topological polar surface area (TPSA) is 40.5 Å². The van der Waals surface area contributed by atoms with Crippen molar-refractivity contribution in [1.82, 2.24) is 4.90 Å². The van der Waals surface area contributed by atoms with E-state index in [0.29, 0.717) is 12.1 Å². The largest absolute Gasteiger partial charge is 0.481 e. The molecule has 1 N–H and O–H groups in total. The third-order valence-corrected chi connectivity index (χ3v) is 4.12. The third kappa shape index (κ3) is 3.80. The van der Waals surface area contributed by atoms with Crippen molar-refractivity contribution in [2.45, 2.75) is 58.2 Å². The molecule has 1 saturated heterocycles. The monoisotopic (exact) mass is 261 g/mol. The van der Waals surface area contributed by atoms with Crippen molar-refractivity contribution >= 4 is 5.97 Å². The molecule has 2 atom stereocenters. The summed E-state index contributed by atoms with van der Waals surface area (Å²) < 4.78 is 0. The Morgan fingerprint density at radius 3 is 2.21 bits per heavy atom. The molecule has 2 rings (SSSR count). The molecule has 104 valence electrons. The molecule has 19 heavy (non-hydrogen) atoms. The van der Waals surface area contributed by atoms with Gasteiger partial charge in [0.1, 0.15) is 0 Å². The van der Waals surface area contributed by atoms with Gasteiger partial charge in [-0.05, 0) is 37.8 Å². The van der Waals surface area contributed by atoms with Gasteiger partial charge in [-0.25, -0.2) is 0 Å². The summed E-state index contributed by atoms with van der Waals surface area (Å²) in [5.74, 6) is -0.772. The first kappa shape index (κ1) is 14.1. The fourth-order valence-electron chi connectivity index (χ4n) is 2.93. The molecule has 0 bridgehead atoms. The predicted octanol–water partition coefficient (Wildman–Crippen LogP) is 3.08. The van der Waals surface area contributed by atoms with Gasteiger partial charge in [0.15, 0.2) is 0 Å². The number of likely N-dealkylation sites (tertiary alicyclic amines) is 1. The summed E-state index contributed by atoms with van der Waals surface area (Å²) >= 11 is 0. The van der Waals surface area contributed by atoms with E-state index in [2.05, 4.69) is 30.9 Å². The van der Waals surface area contributed by atoms with Crippen molar-refractivity contribution in [2.24, 2.45) is 0 Å². The first-order valence-electron chi connectivity index (χ1n) is 7.11. The molecule has 1 aromatic carbocycles. The number of hydrogen-bond donors (Lipinski definition) is 1. The van der Waals surface area contributed by atoms with Gasteiger partial charge < -0.3 is 5.11 Å². The van der Waals surface area contributed by atoms with Crippen LogP contribution in [0.2, 0.25) is 0 Å². The van der Waals surface area contributed by atoms with Gasteiger partial charge in [0, 0.05) is 18.6 Å². The minimum atomic E-state index is -0.772. The van der Waals surface area contributed by atoms with Gasteiger partial charge in [0.25, 0.3) is 0 Å². The molecule has 3 nitrogen and oxygen atoms in total. The second-order valence-electron chi connectivity index (χ2n) is 5.69. The molecule has 1 fully saturated rings. The summed E-state index contributed by atoms with van der Waals surface area (Å²) in [6.45, 7) is 5.57. The molecule has 0 aliphatic carbocycles. The Kier molecular flexibility index (Phi) is 4.59. The summed E-state index contributed by atoms with van der Waals surface area (Å²) in [5, 5.41) is 8.76. The fraction of sp³-hybridized carbons (Fsp3) is 0.562. The van der Waals surface area contributed by atoms with Crippen LogP contribution in [0.1, 0.15) is 44.2 Å². The van der Waals surface area contributed by atoms with Crippen LogP contribution in [-0.2, 0) is 17.8 Å². The Bertz CT molecular complexity index is 417. The summed E-state index contributed by atoms with van der Waals surface area (Å²) in [4.78, 5) is 13.2. The molecule has 2 unspecified atom stereocenters. The van der Waals surface area contributed by atoms with E-state index in [1.54, 1.807) is 0 Å². The molecule has 0 amide bonds. The standard InChI is InChI=1S/C16H23NO2/c1-12-4-3-5-13(2)17(12)11-15-8-6-14(7-9-15)10-16(18)19/h6-9,12-13H,3-5,10-11H2,1-2H3,(H,18,19). The summed E-state index contributed by atoms with van der Waals surface area (Å²) in [6.07, 6.45) is 4.00. The van der Waals surface area contributed by atoms with Gasteiger partial charge in [-0.2, -0.15) is 0 Å². The summed E-state index contributed by atoms with van der Waals surface area (Å²) in [7, 11) is 0. The van der Waals surface area contributed by atoms with Crippen LogP contribution in [0.15, 0.2) is 24.3 Å². The zero-order valence-electron chi connectivity index (χ0n) is 11.8. The SMILES string of the molecule is CC1CCCC(C)N1Cc1ccc(CC(=O)O)cc1. The molecule has 1 aliphatic heterocycles. The maximum atomic E-state index is 10.6. The van der Waals surface area contributed by atoms with Crippen molar-refractivity contribution in [3.63, 3.8) is 0 Å². The highest BCUT2D eigenvalue weighted by molar-refractivity contribution is 5.70. The van der Waals surface area contributed by atoms with Crippen molar-refractivity contribution < 1.29 is 9.90 Å². The maximum absolute atomic E-state index is 10.6. The van der Waals surface area contributed by atoms with Gasteiger partial charge in [0.2, 0.25) is 0 Å². The Hall–Kier alpha value is -1.35. The molecule has 1 aliphatic rings. The number of hydrogen-bond acceptors (Lipinski definition) is 2. The Morgan fingerprint density at radius 2 is 1.68 bits per heavy atom. The van der Waals surface area contributed by atoms with Gasteiger partial charge in [-0.1, -0.05) is 30.7 Å². The van der Waals surface area contributed by atoms with Gasteiger partial charge in [-0.15, -0.1) is 0 Å². The lowest BCUT2D eigenvalue weighted by molar-refractivity contribution is -0.136. The lowest BCUT2D eigenvalue weighted by atomic mass is 9.96. The smallest absolute Gasteiger partial charge is 0.307 e. The molecular weight excluding hydrogens is 238 g/mol. The number of rotatable bonds is 4. The van der Waals surface area contributed by atoms with Gasteiger partial charge >= 0.3 is 5.97 Å². The van der Waals surface area contributed by atoms with Crippen LogP contribution in [0.5, 0.6) is 0 Å². The van der Waals surface area contributed by atoms with Crippen molar-refractivity contribution in [1.29, 1.82) is 0 Å². The van der Waals surface area contributed by atoms with Crippen molar-refractivity contribution in [2.75, 3.05) is 0 Å². The van der Waals surface area contributed by atoms with E-state index < -0.39 is 5.97 Å². The lowest BCUT2D eigenvalue weighted by Crippen LogP contribution is -2.42. The van der Waals surface area contributed by atoms with E-state index in [9.17, 15) is 4.79 Å². The Morgan fingerprint density at radius 1 is 1.16 bits per heavy atom. The zero-order chi connectivity index (χ0) is 13.8. The van der Waals surface area contributed by atoms with Crippen molar-refractivity contribution in [3.05, 3.63) is 35.4 Å². The number of benzene rings is 1. The highest BCUT2D eigenvalue weighted by atomic mass is 16.4. The summed E-state index contributed by atoms with van der Waals surface area (Å²) in [5.41, 5.74) is 2.14. The molecule has 0 radical (unpaired) electrons. The minimum absolute atomic E-state index is 0.108. The van der Waals surface area contributed by atoms with Crippen LogP contribution in [0, 0.1) is 0 Å². The van der Waals surface area contributed by atoms with Crippen molar-refractivity contribution in [3.8, 4) is 0 Å². The number of carbonyl (C=O) groups is 1. The first-order chi connectivity index (χ1) is 9.06. The van der Waals surface area contributed by atoms with Crippen LogP contribution in [0.4, 0.5) is 0 Å². The third-order valence-electron chi connectivity index (χ3n) is 4.12. The van der Waals surface area contributed by atoms with E-state index in [1.165, 1.54) is 24.8 Å². The van der Waals surface area contributed by atoms with E-state index in [1.807, 2.05) is 12.1 Å². The lowest BCUT2D eigenvalue weighted by Gasteiger charge is -2.39. The average Bonchev–Trinajstić information content (AvgIpc) is 2.35. The van der Waals surface area contributed by atoms with Crippen LogP contribution in [0.25, 0.3) is 0 Å². The van der Waals surface area contributed by atoms with Gasteiger partial charge in [0.05, 0.1) is 6.42 Å². The maximum Gasteiger partial charge on any atom is 0.307 e. The van der Waals surface area contributed by atoms with Crippen LogP contribution in [0.3, 0.4) is 0 Å². The van der Waals surface area contributed by atoms with Gasteiger partial charge in [-0.3, -0.25) is 9.69 Å². The number of carboxylic acids is 1. The average molecular weight is 261 g/mol. The number of aliphatic carboxylic acids is 1. The highest BCUT2D eigenvalue weighted by Gasteiger charge is 2.24. The Balaban J connectivity index is 2.00. The Labute approximate surface area is 115 Å². The van der Waals surface area contributed by atoms with E-state index in [-0.39, 0.29) is 6.42 Å². The fourth-order valence-corrected chi connectivity index (χ4v) is 2.93. The predicted molar refractivity (Wildman–Crippen MR) is 76.1 cm³/mol. The van der Waals surface area contributed by atoms with E-state index >= 15 is 0 Å². The second kappa shape index (κ2) is 6.20. The normalized spacial score (nSPS) is 24.3. The second-order valence-corrected chi connectivity index (χ2v) is 5.69. The number of piperidine rings is 1. The molecule has 1 heterocycles. The molecule has 0 saturated carbocycles. The van der Waals surface area contributed by atoms with Crippen LogP contribution in [-0.4, -0.2) is 28.1 Å². The first-order valence-corrected chi connectivity index (χ1v) is 7.11. The minimum Gasteiger partial charge on any atom is -0.481 e. The highest BCUT2D eigenvalue weighted by Crippen LogP contribution is 2.24.